The van der Waals surface area contributed by atoms with E-state index in [1.165, 1.54) is 25.3 Å². The average molecular weight is 266 g/mol. The van der Waals surface area contributed by atoms with E-state index in [0.717, 1.165) is 0 Å². The van der Waals surface area contributed by atoms with E-state index in [1.54, 1.807) is 4.90 Å². The number of nitrogens with zero attached hydrogens (tertiary/aromatic N) is 2. The molecule has 0 saturated heterocycles. The Morgan fingerprint density at radius 3 is 2.89 bits per heavy atom. The molecule has 0 amide bonds. The maximum Gasteiger partial charge on any atom is 0.317 e. The van der Waals surface area contributed by atoms with Gasteiger partial charge in [0.2, 0.25) is 0 Å². The zero-order valence-corrected chi connectivity index (χ0v) is 10.6. The van der Waals surface area contributed by atoms with Crippen molar-refractivity contribution in [3.05, 3.63) is 35.1 Å². The Balaban J connectivity index is 2.82. The zero-order chi connectivity index (χ0) is 14.3. The molecule has 0 aliphatic rings. The van der Waals surface area contributed by atoms with E-state index in [9.17, 15) is 9.18 Å². The molecule has 0 heterocycles. The third-order valence-electron chi connectivity index (χ3n) is 2.54. The second kappa shape index (κ2) is 7.46. The van der Waals surface area contributed by atoms with Gasteiger partial charge in [-0.2, -0.15) is 5.26 Å². The van der Waals surface area contributed by atoms with E-state index in [-0.39, 0.29) is 13.1 Å². The van der Waals surface area contributed by atoms with E-state index < -0.39 is 11.8 Å². The van der Waals surface area contributed by atoms with Crippen LogP contribution in [-0.2, 0) is 16.1 Å². The van der Waals surface area contributed by atoms with E-state index in [2.05, 4.69) is 0 Å². The number of carboxylic acids is 1. The van der Waals surface area contributed by atoms with E-state index in [1.807, 2.05) is 6.07 Å². The molecule has 19 heavy (non-hydrogen) atoms. The summed E-state index contributed by atoms with van der Waals surface area (Å²) in [4.78, 5) is 12.3. The Morgan fingerprint density at radius 2 is 2.32 bits per heavy atom. The van der Waals surface area contributed by atoms with Gasteiger partial charge in [0, 0.05) is 25.8 Å². The molecular weight excluding hydrogens is 251 g/mol. The molecule has 0 aromatic heterocycles. The molecule has 1 N–H and O–H groups in total. The minimum atomic E-state index is -0.993. The Hall–Kier alpha value is -1.97. The van der Waals surface area contributed by atoms with E-state index >= 15 is 0 Å². The van der Waals surface area contributed by atoms with Crippen molar-refractivity contribution in [1.82, 2.24) is 4.90 Å². The summed E-state index contributed by atoms with van der Waals surface area (Å²) >= 11 is 0. The van der Waals surface area contributed by atoms with E-state index in [4.69, 9.17) is 15.1 Å². The van der Waals surface area contributed by atoms with Crippen LogP contribution in [0.3, 0.4) is 0 Å². The maximum atomic E-state index is 13.6. The highest BCUT2D eigenvalue weighted by Crippen LogP contribution is 2.12. The number of carbonyl (C=O) groups is 1. The Bertz CT molecular complexity index is 485. The van der Waals surface area contributed by atoms with Gasteiger partial charge >= 0.3 is 5.97 Å². The van der Waals surface area contributed by atoms with Crippen LogP contribution < -0.4 is 0 Å². The molecule has 0 aliphatic carbocycles. The first-order valence-electron chi connectivity index (χ1n) is 5.68. The van der Waals surface area contributed by atoms with Crippen LogP contribution in [0.4, 0.5) is 4.39 Å². The lowest BCUT2D eigenvalue weighted by Crippen LogP contribution is -2.32. The number of aliphatic carboxylic acids is 1. The third-order valence-corrected chi connectivity index (χ3v) is 2.54. The van der Waals surface area contributed by atoms with Crippen molar-refractivity contribution in [2.45, 2.75) is 6.54 Å². The first-order valence-corrected chi connectivity index (χ1v) is 5.68. The van der Waals surface area contributed by atoms with Gasteiger partial charge in [-0.05, 0) is 18.2 Å². The van der Waals surface area contributed by atoms with Crippen LogP contribution in [0.5, 0.6) is 0 Å². The van der Waals surface area contributed by atoms with Crippen LogP contribution in [0.15, 0.2) is 18.2 Å². The van der Waals surface area contributed by atoms with Gasteiger partial charge < -0.3 is 9.84 Å². The number of carboxylic acid groups (broad SMARTS) is 1. The van der Waals surface area contributed by atoms with Gasteiger partial charge in [0.25, 0.3) is 0 Å². The van der Waals surface area contributed by atoms with Crippen LogP contribution in [0.25, 0.3) is 0 Å². The van der Waals surface area contributed by atoms with Crippen LogP contribution in [0.2, 0.25) is 0 Å². The summed E-state index contributed by atoms with van der Waals surface area (Å²) in [6.07, 6.45) is 0. The highest BCUT2D eigenvalue weighted by molar-refractivity contribution is 5.69. The lowest BCUT2D eigenvalue weighted by Gasteiger charge is -2.20. The fourth-order valence-electron chi connectivity index (χ4n) is 1.63. The van der Waals surface area contributed by atoms with Crippen molar-refractivity contribution in [2.24, 2.45) is 0 Å². The third kappa shape index (κ3) is 5.04. The van der Waals surface area contributed by atoms with Gasteiger partial charge in [-0.1, -0.05) is 0 Å². The maximum absolute atomic E-state index is 13.6. The number of hydrogen-bond acceptors (Lipinski definition) is 4. The normalized spacial score (nSPS) is 10.4. The number of rotatable bonds is 7. The van der Waals surface area contributed by atoms with Gasteiger partial charge in [-0.25, -0.2) is 4.39 Å². The quantitative estimate of drug-likeness (QED) is 0.803. The molecule has 5 nitrogen and oxygen atoms in total. The Labute approximate surface area is 110 Å². The van der Waals surface area contributed by atoms with Gasteiger partial charge in [0.15, 0.2) is 0 Å². The zero-order valence-electron chi connectivity index (χ0n) is 10.6. The monoisotopic (exact) mass is 266 g/mol. The molecule has 0 saturated carbocycles. The highest BCUT2D eigenvalue weighted by Gasteiger charge is 2.13. The molecule has 0 unspecified atom stereocenters. The van der Waals surface area contributed by atoms with Gasteiger partial charge in [-0.3, -0.25) is 9.69 Å². The number of benzene rings is 1. The lowest BCUT2D eigenvalue weighted by molar-refractivity contribution is -0.138. The summed E-state index contributed by atoms with van der Waals surface area (Å²) in [5.41, 5.74) is 0.648. The molecule has 6 heteroatoms. The predicted molar refractivity (Wildman–Crippen MR) is 65.9 cm³/mol. The van der Waals surface area contributed by atoms with Gasteiger partial charge in [0.05, 0.1) is 24.8 Å². The van der Waals surface area contributed by atoms with E-state index in [0.29, 0.717) is 24.3 Å². The topological polar surface area (TPSA) is 73.6 Å². The molecule has 0 radical (unpaired) electrons. The van der Waals surface area contributed by atoms with Crippen molar-refractivity contribution >= 4 is 5.97 Å². The molecule has 1 rings (SSSR count). The smallest absolute Gasteiger partial charge is 0.317 e. The predicted octanol–water partition coefficient (Wildman–Crippen LogP) is 1.23. The summed E-state index contributed by atoms with van der Waals surface area (Å²) in [6, 6.07) is 5.95. The lowest BCUT2D eigenvalue weighted by atomic mass is 10.1. The number of nitriles is 1. The fraction of sp³-hybridized carbons (Fsp3) is 0.385. The van der Waals surface area contributed by atoms with Crippen molar-refractivity contribution in [1.29, 1.82) is 5.26 Å². The van der Waals surface area contributed by atoms with Crippen molar-refractivity contribution in [3.8, 4) is 6.07 Å². The van der Waals surface area contributed by atoms with Gasteiger partial charge in [-0.15, -0.1) is 0 Å². The van der Waals surface area contributed by atoms with Crippen LogP contribution in [-0.4, -0.2) is 42.8 Å². The summed E-state index contributed by atoms with van der Waals surface area (Å²) in [7, 11) is 1.51. The number of halogens is 1. The molecule has 102 valence electrons. The SMILES string of the molecule is COCCN(CC(=O)O)Cc1cc(C#N)ccc1F. The minimum absolute atomic E-state index is 0.122. The molecule has 0 fully saturated rings. The summed E-state index contributed by atoms with van der Waals surface area (Å²) in [6.45, 7) is 0.641. The molecule has 1 aromatic carbocycles. The standard InChI is InChI=1S/C13H15FN2O3/c1-19-5-4-16(9-13(17)18)8-11-6-10(7-15)2-3-12(11)14/h2-3,6H,4-5,8-9H2,1H3,(H,17,18). The van der Waals surface area contributed by atoms with Crippen LogP contribution in [0, 0.1) is 17.1 Å². The first kappa shape index (κ1) is 15.1. The Kier molecular flexibility index (Phi) is 5.93. The fourth-order valence-corrected chi connectivity index (χ4v) is 1.63. The highest BCUT2D eigenvalue weighted by atomic mass is 19.1. The molecular formula is C13H15FN2O3. The largest absolute Gasteiger partial charge is 0.480 e. The molecule has 0 aliphatic heterocycles. The number of methoxy groups -OCH3 is 1. The van der Waals surface area contributed by atoms with Crippen molar-refractivity contribution < 1.29 is 19.0 Å². The number of hydrogen-bond donors (Lipinski definition) is 1. The van der Waals surface area contributed by atoms with Crippen LogP contribution in [0.1, 0.15) is 11.1 Å². The molecule has 0 bridgehead atoms. The average Bonchev–Trinajstić information content (AvgIpc) is 2.37. The van der Waals surface area contributed by atoms with Crippen LogP contribution >= 0.6 is 0 Å². The first-order chi connectivity index (χ1) is 9.06. The molecule has 0 spiro atoms. The number of ether oxygens (including phenoxy) is 1. The second-order valence-corrected chi connectivity index (χ2v) is 4.02. The van der Waals surface area contributed by atoms with Crippen molar-refractivity contribution in [2.75, 3.05) is 26.8 Å². The summed E-state index contributed by atoms with van der Waals surface area (Å²) < 4.78 is 18.5. The summed E-state index contributed by atoms with van der Waals surface area (Å²) in [5.74, 6) is -1.44. The minimum Gasteiger partial charge on any atom is -0.480 e. The molecule has 1 aromatic rings. The summed E-state index contributed by atoms with van der Waals surface area (Å²) in [5, 5.41) is 17.6. The molecule has 0 atom stereocenters. The van der Waals surface area contributed by atoms with Crippen molar-refractivity contribution in [3.63, 3.8) is 0 Å². The Morgan fingerprint density at radius 1 is 1.58 bits per heavy atom. The second-order valence-electron chi connectivity index (χ2n) is 4.02. The van der Waals surface area contributed by atoms with Gasteiger partial charge in [0.1, 0.15) is 5.82 Å².